The van der Waals surface area contributed by atoms with Gasteiger partial charge in [0, 0.05) is 32.9 Å². The quantitative estimate of drug-likeness (QED) is 0.230. The summed E-state index contributed by atoms with van der Waals surface area (Å²) in [6.07, 6.45) is 0.142. The van der Waals surface area contributed by atoms with Crippen LogP contribution in [0.2, 0.25) is 0 Å². The molecule has 0 bridgehead atoms. The van der Waals surface area contributed by atoms with E-state index in [0.29, 0.717) is 12.4 Å². The number of ether oxygens (including phenoxy) is 7. The van der Waals surface area contributed by atoms with Gasteiger partial charge in [-0.15, -0.1) is 0 Å². The summed E-state index contributed by atoms with van der Waals surface area (Å²) in [5.41, 5.74) is -0.166. The maximum atomic E-state index is 12.8. The minimum absolute atomic E-state index is 0.0488. The molecule has 1 heterocycles. The minimum Gasteiger partial charge on any atom is -0.493 e. The highest BCUT2D eigenvalue weighted by Gasteiger charge is 2.33. The van der Waals surface area contributed by atoms with E-state index in [4.69, 9.17) is 33.2 Å². The van der Waals surface area contributed by atoms with Crippen LogP contribution in [0.25, 0.3) is 0 Å². The van der Waals surface area contributed by atoms with Crippen molar-refractivity contribution in [1.82, 2.24) is 10.3 Å². The number of benzene rings is 1. The van der Waals surface area contributed by atoms with Crippen molar-refractivity contribution in [3.8, 4) is 17.2 Å². The first-order valence-corrected chi connectivity index (χ1v) is 12.4. The molecule has 1 aromatic heterocycles. The van der Waals surface area contributed by atoms with Gasteiger partial charge in [-0.2, -0.15) is 0 Å². The Bertz CT molecular complexity index is 1050. The van der Waals surface area contributed by atoms with Crippen molar-refractivity contribution in [3.05, 3.63) is 48.3 Å². The number of carbonyl (C=O) groups is 3. The topological polar surface area (TPSA) is 141 Å². The first-order valence-electron chi connectivity index (χ1n) is 12.4. The first-order chi connectivity index (χ1) is 18.8. The van der Waals surface area contributed by atoms with Crippen molar-refractivity contribution < 1.29 is 47.5 Å². The zero-order valence-electron chi connectivity index (χ0n) is 22.8. The van der Waals surface area contributed by atoms with Gasteiger partial charge in [-0.05, 0) is 25.5 Å². The third-order valence-corrected chi connectivity index (χ3v) is 5.19. The number of pyridine rings is 1. The number of aromatic nitrogens is 1. The van der Waals surface area contributed by atoms with Gasteiger partial charge in [0.15, 0.2) is 23.3 Å². The molecule has 2 aromatic rings. The van der Waals surface area contributed by atoms with Crippen LogP contribution in [0.15, 0.2) is 42.6 Å². The number of methoxy groups -OCH3 is 2. The highest BCUT2D eigenvalue weighted by Crippen LogP contribution is 2.29. The maximum absolute atomic E-state index is 12.8. The Hall–Kier alpha value is -3.90. The second-order valence-electron chi connectivity index (χ2n) is 8.23. The normalized spacial score (nSPS) is 12.9. The Balaban J connectivity index is 2.08. The molecule has 0 aliphatic rings. The number of nitrogens with zero attached hydrogens (tertiary/aromatic N) is 1. The fourth-order valence-electron chi connectivity index (χ4n) is 3.42. The molecule has 12 heteroatoms. The molecule has 2 rings (SSSR count). The molecule has 1 amide bonds. The van der Waals surface area contributed by atoms with E-state index in [0.717, 1.165) is 6.42 Å². The van der Waals surface area contributed by atoms with Crippen LogP contribution in [-0.2, 0) is 28.5 Å². The summed E-state index contributed by atoms with van der Waals surface area (Å²) in [5.74, 6) is -1.29. The monoisotopic (exact) mass is 548 g/mol. The van der Waals surface area contributed by atoms with E-state index in [1.165, 1.54) is 26.3 Å². The van der Waals surface area contributed by atoms with E-state index in [1.54, 1.807) is 26.2 Å². The van der Waals surface area contributed by atoms with Crippen molar-refractivity contribution in [3.63, 3.8) is 0 Å². The van der Waals surface area contributed by atoms with Gasteiger partial charge in [0.25, 0.3) is 5.91 Å². The van der Waals surface area contributed by atoms with Crippen LogP contribution in [0.4, 0.5) is 0 Å². The first kappa shape index (κ1) is 31.3. The molecule has 214 valence electrons. The predicted octanol–water partition coefficient (Wildman–Crippen LogP) is 2.54. The Kier molecular flexibility index (Phi) is 13.5. The average Bonchev–Trinajstić information content (AvgIpc) is 2.93. The molecule has 0 saturated heterocycles. The Morgan fingerprint density at radius 3 is 2.46 bits per heavy atom. The summed E-state index contributed by atoms with van der Waals surface area (Å²) < 4.78 is 38.3. The minimum atomic E-state index is -0.760. The largest absolute Gasteiger partial charge is 0.493 e. The molecule has 0 spiro atoms. The van der Waals surface area contributed by atoms with Crippen molar-refractivity contribution in [2.45, 2.75) is 45.5 Å². The van der Waals surface area contributed by atoms with E-state index in [-0.39, 0.29) is 23.8 Å². The van der Waals surface area contributed by atoms with Gasteiger partial charge in [-0.1, -0.05) is 25.1 Å². The highest BCUT2D eigenvalue weighted by molar-refractivity contribution is 5.97. The zero-order chi connectivity index (χ0) is 28.6. The van der Waals surface area contributed by atoms with E-state index in [1.807, 2.05) is 25.1 Å². The molecule has 1 aromatic carbocycles. The number of rotatable bonds is 17. The maximum Gasteiger partial charge on any atom is 0.325 e. The van der Waals surface area contributed by atoms with Gasteiger partial charge in [0.2, 0.25) is 6.79 Å². The summed E-state index contributed by atoms with van der Waals surface area (Å²) in [5, 5.41) is 2.46. The second kappa shape index (κ2) is 16.8. The highest BCUT2D eigenvalue weighted by atomic mass is 16.7. The zero-order valence-corrected chi connectivity index (χ0v) is 22.8. The SMILES string of the molecule is CCCO[C@@H](COC)[C@@H](Oc1ccccc1)[C@H](C)OC(=O)CNC(=O)c1nccc(OC)c1OCOC(C)=O. The molecule has 1 N–H and O–H groups in total. The van der Waals surface area contributed by atoms with Crippen LogP contribution in [0.5, 0.6) is 17.2 Å². The van der Waals surface area contributed by atoms with Crippen molar-refractivity contribution in [1.29, 1.82) is 0 Å². The summed E-state index contributed by atoms with van der Waals surface area (Å²) in [7, 11) is 2.92. The van der Waals surface area contributed by atoms with Gasteiger partial charge in [0.1, 0.15) is 24.5 Å². The number of amides is 1. The second-order valence-corrected chi connectivity index (χ2v) is 8.23. The van der Waals surface area contributed by atoms with E-state index in [2.05, 4.69) is 10.3 Å². The molecule has 0 unspecified atom stereocenters. The van der Waals surface area contributed by atoms with Gasteiger partial charge in [0.05, 0.1) is 13.7 Å². The van der Waals surface area contributed by atoms with Gasteiger partial charge in [-0.25, -0.2) is 4.98 Å². The number of hydrogen-bond acceptors (Lipinski definition) is 11. The molecule has 0 saturated carbocycles. The summed E-state index contributed by atoms with van der Waals surface area (Å²) in [4.78, 5) is 40.6. The van der Waals surface area contributed by atoms with E-state index in [9.17, 15) is 14.4 Å². The van der Waals surface area contributed by atoms with Crippen LogP contribution in [-0.4, -0.2) is 81.9 Å². The number of nitrogens with one attached hydrogen (secondary N) is 1. The molecule has 0 fully saturated rings. The Morgan fingerprint density at radius 1 is 1.08 bits per heavy atom. The summed E-state index contributed by atoms with van der Waals surface area (Å²) >= 11 is 0. The third-order valence-electron chi connectivity index (χ3n) is 5.19. The molecular weight excluding hydrogens is 512 g/mol. The van der Waals surface area contributed by atoms with Crippen molar-refractivity contribution in [2.75, 3.05) is 40.8 Å². The lowest BCUT2D eigenvalue weighted by molar-refractivity contribution is -0.159. The summed E-state index contributed by atoms with van der Waals surface area (Å²) in [6, 6.07) is 10.6. The number of esters is 2. The van der Waals surface area contributed by atoms with E-state index >= 15 is 0 Å². The van der Waals surface area contributed by atoms with Gasteiger partial charge in [-0.3, -0.25) is 14.4 Å². The molecule has 39 heavy (non-hydrogen) atoms. The van der Waals surface area contributed by atoms with Crippen LogP contribution in [0, 0.1) is 0 Å². The van der Waals surface area contributed by atoms with Crippen molar-refractivity contribution >= 4 is 17.8 Å². The van der Waals surface area contributed by atoms with Crippen LogP contribution < -0.4 is 19.5 Å². The van der Waals surface area contributed by atoms with Gasteiger partial charge < -0.3 is 38.5 Å². The fourth-order valence-corrected chi connectivity index (χ4v) is 3.42. The number of para-hydroxylation sites is 1. The molecule has 3 atom stereocenters. The lowest BCUT2D eigenvalue weighted by Crippen LogP contribution is -2.47. The van der Waals surface area contributed by atoms with Crippen LogP contribution in [0.1, 0.15) is 37.7 Å². The Labute approximate surface area is 227 Å². The van der Waals surface area contributed by atoms with Crippen LogP contribution in [0.3, 0.4) is 0 Å². The smallest absolute Gasteiger partial charge is 0.325 e. The Morgan fingerprint density at radius 2 is 1.82 bits per heavy atom. The number of hydrogen-bond donors (Lipinski definition) is 1. The van der Waals surface area contributed by atoms with Crippen molar-refractivity contribution in [2.24, 2.45) is 0 Å². The third kappa shape index (κ3) is 10.4. The van der Waals surface area contributed by atoms with Crippen LogP contribution >= 0.6 is 0 Å². The summed E-state index contributed by atoms with van der Waals surface area (Å²) in [6.45, 7) is 4.63. The molecular formula is C27H36N2O10. The standard InChI is InChI=1S/C27H36N2O10/c1-6-14-35-22(16-33-4)25(39-20-10-8-7-9-11-20)18(2)38-23(31)15-29-27(32)24-26(37-17-36-19(3)30)21(34-5)12-13-28-24/h7-13,18,22,25H,6,14-17H2,1-5H3,(H,29,32)/t18-,22-,25-/m0/s1. The fraction of sp³-hybridized carbons (Fsp3) is 0.481. The lowest BCUT2D eigenvalue weighted by atomic mass is 10.1. The molecule has 0 aliphatic heterocycles. The molecule has 0 radical (unpaired) electrons. The van der Waals surface area contributed by atoms with E-state index < -0.39 is 49.5 Å². The lowest BCUT2D eigenvalue weighted by Gasteiger charge is -2.31. The molecule has 12 nitrogen and oxygen atoms in total. The number of carbonyl (C=O) groups excluding carboxylic acids is 3. The predicted molar refractivity (Wildman–Crippen MR) is 139 cm³/mol. The molecule has 0 aliphatic carbocycles. The average molecular weight is 549 g/mol. The van der Waals surface area contributed by atoms with Gasteiger partial charge >= 0.3 is 11.9 Å².